The molecule has 2 heterocycles. The molecule has 0 radical (unpaired) electrons. The summed E-state index contributed by atoms with van der Waals surface area (Å²) < 4.78 is 5.28. The van der Waals surface area contributed by atoms with E-state index in [1.807, 2.05) is 25.1 Å². The van der Waals surface area contributed by atoms with E-state index in [0.717, 1.165) is 18.8 Å². The number of pyridine rings is 1. The van der Waals surface area contributed by atoms with E-state index in [2.05, 4.69) is 23.7 Å². The Morgan fingerprint density at radius 3 is 2.95 bits per heavy atom. The molecule has 1 aliphatic rings. The zero-order chi connectivity index (χ0) is 15.5. The average Bonchev–Trinajstić information content (AvgIpc) is 2.94. The number of nitriles is 1. The average molecular weight is 287 g/mol. The van der Waals surface area contributed by atoms with Gasteiger partial charge in [-0.05, 0) is 31.4 Å². The topological polar surface area (TPSA) is 66.2 Å². The van der Waals surface area contributed by atoms with Gasteiger partial charge in [0, 0.05) is 13.1 Å². The van der Waals surface area contributed by atoms with Crippen LogP contribution in [0.3, 0.4) is 0 Å². The van der Waals surface area contributed by atoms with Gasteiger partial charge < -0.3 is 9.64 Å². The van der Waals surface area contributed by atoms with E-state index in [-0.39, 0.29) is 11.9 Å². The van der Waals surface area contributed by atoms with Gasteiger partial charge in [0.2, 0.25) is 0 Å². The Balaban J connectivity index is 2.24. The van der Waals surface area contributed by atoms with Crippen LogP contribution in [0.2, 0.25) is 0 Å². The molecular weight excluding hydrogens is 266 g/mol. The van der Waals surface area contributed by atoms with E-state index in [9.17, 15) is 4.79 Å². The number of aromatic nitrogens is 1. The number of carbonyl (C=O) groups is 1. The van der Waals surface area contributed by atoms with E-state index < -0.39 is 5.41 Å². The van der Waals surface area contributed by atoms with Gasteiger partial charge in [0.1, 0.15) is 17.6 Å². The summed E-state index contributed by atoms with van der Waals surface area (Å²) >= 11 is 0. The summed E-state index contributed by atoms with van der Waals surface area (Å²) in [5.41, 5.74) is -0.0916. The number of rotatable bonds is 4. The standard InChI is InChI=1S/C16H21N3O2/c1-4-21-15(20)16(12(2)3)8-9-19(11-16)14-7-5-6-13(10-17)18-14/h5-7,12H,4,8-9,11H2,1-3H3. The second kappa shape index (κ2) is 6.13. The molecule has 1 unspecified atom stereocenters. The highest BCUT2D eigenvalue weighted by Crippen LogP contribution is 2.40. The molecule has 0 aliphatic carbocycles. The maximum Gasteiger partial charge on any atom is 0.314 e. The Bertz CT molecular complexity index is 565. The third-order valence-electron chi connectivity index (χ3n) is 4.26. The minimum Gasteiger partial charge on any atom is -0.466 e. The predicted molar refractivity (Wildman–Crippen MR) is 79.7 cm³/mol. The molecule has 0 bridgehead atoms. The SMILES string of the molecule is CCOC(=O)C1(C(C)C)CCN(c2cccc(C#N)n2)C1. The Kier molecular flexibility index (Phi) is 4.46. The van der Waals surface area contributed by atoms with Crippen molar-refractivity contribution in [1.82, 2.24) is 4.98 Å². The molecule has 0 amide bonds. The van der Waals surface area contributed by atoms with Crippen LogP contribution in [0, 0.1) is 22.7 Å². The number of carbonyl (C=O) groups excluding carboxylic acids is 1. The quantitative estimate of drug-likeness (QED) is 0.795. The van der Waals surface area contributed by atoms with Gasteiger partial charge in [0.05, 0.1) is 12.0 Å². The first-order valence-electron chi connectivity index (χ1n) is 7.33. The lowest BCUT2D eigenvalue weighted by atomic mass is 9.76. The van der Waals surface area contributed by atoms with E-state index >= 15 is 0 Å². The van der Waals surface area contributed by atoms with Crippen molar-refractivity contribution in [2.24, 2.45) is 11.3 Å². The number of hydrogen-bond acceptors (Lipinski definition) is 5. The van der Waals surface area contributed by atoms with Crippen LogP contribution in [-0.2, 0) is 9.53 Å². The maximum absolute atomic E-state index is 12.4. The smallest absolute Gasteiger partial charge is 0.314 e. The van der Waals surface area contributed by atoms with Gasteiger partial charge in [0.25, 0.3) is 0 Å². The molecule has 0 N–H and O–H groups in total. The molecular formula is C16H21N3O2. The molecule has 112 valence electrons. The van der Waals surface area contributed by atoms with Crippen LogP contribution in [0.1, 0.15) is 32.9 Å². The van der Waals surface area contributed by atoms with Crippen LogP contribution in [0.15, 0.2) is 18.2 Å². The molecule has 1 saturated heterocycles. The molecule has 0 spiro atoms. The van der Waals surface area contributed by atoms with Crippen molar-refractivity contribution in [3.63, 3.8) is 0 Å². The van der Waals surface area contributed by atoms with Gasteiger partial charge in [-0.25, -0.2) is 4.98 Å². The van der Waals surface area contributed by atoms with Crippen molar-refractivity contribution < 1.29 is 9.53 Å². The zero-order valence-corrected chi connectivity index (χ0v) is 12.8. The summed E-state index contributed by atoms with van der Waals surface area (Å²) in [4.78, 5) is 18.8. The molecule has 0 saturated carbocycles. The van der Waals surface area contributed by atoms with Crippen molar-refractivity contribution in [2.45, 2.75) is 27.2 Å². The molecule has 5 nitrogen and oxygen atoms in total. The number of hydrogen-bond donors (Lipinski definition) is 0. The Labute approximate surface area is 125 Å². The minimum absolute atomic E-state index is 0.126. The summed E-state index contributed by atoms with van der Waals surface area (Å²) in [5.74, 6) is 0.820. The molecule has 2 rings (SSSR count). The second-order valence-electron chi connectivity index (χ2n) is 5.70. The lowest BCUT2D eigenvalue weighted by Gasteiger charge is -2.31. The fourth-order valence-electron chi connectivity index (χ4n) is 2.84. The Hall–Kier alpha value is -2.09. The molecule has 21 heavy (non-hydrogen) atoms. The highest BCUT2D eigenvalue weighted by molar-refractivity contribution is 5.79. The lowest BCUT2D eigenvalue weighted by Crippen LogP contribution is -2.40. The van der Waals surface area contributed by atoms with Gasteiger partial charge in [-0.3, -0.25) is 4.79 Å². The molecule has 1 aromatic heterocycles. The van der Waals surface area contributed by atoms with Crippen LogP contribution in [0.5, 0.6) is 0 Å². The number of esters is 1. The van der Waals surface area contributed by atoms with Gasteiger partial charge in [0.15, 0.2) is 0 Å². The van der Waals surface area contributed by atoms with E-state index in [1.165, 1.54) is 0 Å². The van der Waals surface area contributed by atoms with Crippen molar-refractivity contribution in [3.8, 4) is 6.07 Å². The van der Waals surface area contributed by atoms with E-state index in [1.54, 1.807) is 6.07 Å². The van der Waals surface area contributed by atoms with Gasteiger partial charge in [-0.1, -0.05) is 19.9 Å². The van der Waals surface area contributed by atoms with Gasteiger partial charge >= 0.3 is 5.97 Å². The summed E-state index contributed by atoms with van der Waals surface area (Å²) in [6.45, 7) is 7.68. The van der Waals surface area contributed by atoms with E-state index in [4.69, 9.17) is 10.00 Å². The number of anilines is 1. The maximum atomic E-state index is 12.4. The highest BCUT2D eigenvalue weighted by atomic mass is 16.5. The fourth-order valence-corrected chi connectivity index (χ4v) is 2.84. The first kappa shape index (κ1) is 15.3. The monoisotopic (exact) mass is 287 g/mol. The van der Waals surface area contributed by atoms with Gasteiger partial charge in [-0.2, -0.15) is 5.26 Å². The summed E-state index contributed by atoms with van der Waals surface area (Å²) in [5, 5.41) is 8.95. The predicted octanol–water partition coefficient (Wildman–Crippen LogP) is 2.37. The molecule has 5 heteroatoms. The van der Waals surface area contributed by atoms with Crippen molar-refractivity contribution in [1.29, 1.82) is 5.26 Å². The summed E-state index contributed by atoms with van der Waals surface area (Å²) in [6, 6.07) is 7.43. The lowest BCUT2D eigenvalue weighted by molar-refractivity contribution is -0.156. The van der Waals surface area contributed by atoms with Gasteiger partial charge in [-0.15, -0.1) is 0 Å². The van der Waals surface area contributed by atoms with Crippen LogP contribution in [0.4, 0.5) is 5.82 Å². The summed E-state index contributed by atoms with van der Waals surface area (Å²) in [7, 11) is 0. The van der Waals surface area contributed by atoms with Crippen molar-refractivity contribution in [3.05, 3.63) is 23.9 Å². The van der Waals surface area contributed by atoms with E-state index in [0.29, 0.717) is 18.8 Å². The third-order valence-corrected chi connectivity index (χ3v) is 4.26. The normalized spacial score (nSPS) is 21.4. The molecule has 0 aromatic carbocycles. The molecule has 1 aromatic rings. The number of ether oxygens (including phenoxy) is 1. The molecule has 1 fully saturated rings. The summed E-state index contributed by atoms with van der Waals surface area (Å²) in [6.07, 6.45) is 0.752. The van der Waals surface area contributed by atoms with Crippen molar-refractivity contribution in [2.75, 3.05) is 24.6 Å². The van der Waals surface area contributed by atoms with Crippen molar-refractivity contribution >= 4 is 11.8 Å². The third kappa shape index (κ3) is 2.85. The van der Waals surface area contributed by atoms with Crippen LogP contribution in [-0.4, -0.2) is 30.6 Å². The van der Waals surface area contributed by atoms with Crippen LogP contribution in [0.25, 0.3) is 0 Å². The molecule has 1 aliphatic heterocycles. The van der Waals surface area contributed by atoms with Crippen LogP contribution >= 0.6 is 0 Å². The fraction of sp³-hybridized carbons (Fsp3) is 0.562. The largest absolute Gasteiger partial charge is 0.466 e. The molecule has 1 atom stereocenters. The van der Waals surface area contributed by atoms with Crippen LogP contribution < -0.4 is 4.90 Å². The highest BCUT2D eigenvalue weighted by Gasteiger charge is 2.48. The zero-order valence-electron chi connectivity index (χ0n) is 12.8. The first-order chi connectivity index (χ1) is 10.0. The Morgan fingerprint density at radius 2 is 2.33 bits per heavy atom. The number of nitrogens with zero attached hydrogens (tertiary/aromatic N) is 3. The minimum atomic E-state index is -0.486. The first-order valence-corrected chi connectivity index (χ1v) is 7.33. The second-order valence-corrected chi connectivity index (χ2v) is 5.70. The Morgan fingerprint density at radius 1 is 1.57 bits per heavy atom.